The molecule has 0 bridgehead atoms. The maximum absolute atomic E-state index is 12.1. The second-order valence-electron chi connectivity index (χ2n) is 6.44. The van der Waals surface area contributed by atoms with Crippen molar-refractivity contribution in [3.63, 3.8) is 0 Å². The Labute approximate surface area is 98.4 Å². The van der Waals surface area contributed by atoms with Gasteiger partial charge < -0.3 is 5.11 Å². The molecule has 0 unspecified atom stereocenters. The van der Waals surface area contributed by atoms with Gasteiger partial charge in [-0.05, 0) is 43.9 Å². The Morgan fingerprint density at radius 3 is 2.69 bits per heavy atom. The highest BCUT2D eigenvalue weighted by Crippen LogP contribution is 2.53. The molecule has 2 aliphatic carbocycles. The van der Waals surface area contributed by atoms with Gasteiger partial charge in [-0.15, -0.1) is 0 Å². The number of carbonyl (C=O) groups is 1. The standard InChI is InChI=1S/C14H24O2/c1-10(2)11-6-8-13(3)7-4-5-12(15)14(13,16)9-11/h10-11,16H,4-9H2,1-3H3/t11-,13+,14-/m1/s1. The first kappa shape index (κ1) is 12.1. The molecular weight excluding hydrogens is 200 g/mol. The molecule has 2 saturated carbocycles. The lowest BCUT2D eigenvalue weighted by molar-refractivity contribution is -0.174. The van der Waals surface area contributed by atoms with E-state index in [-0.39, 0.29) is 11.2 Å². The van der Waals surface area contributed by atoms with E-state index in [4.69, 9.17) is 0 Å². The zero-order valence-corrected chi connectivity index (χ0v) is 10.8. The summed E-state index contributed by atoms with van der Waals surface area (Å²) in [6.07, 6.45) is 5.43. The van der Waals surface area contributed by atoms with Crippen LogP contribution in [0.5, 0.6) is 0 Å². The van der Waals surface area contributed by atoms with Crippen molar-refractivity contribution in [1.29, 1.82) is 0 Å². The zero-order chi connectivity index (χ0) is 12.0. The topological polar surface area (TPSA) is 37.3 Å². The van der Waals surface area contributed by atoms with E-state index in [0.29, 0.717) is 24.7 Å². The van der Waals surface area contributed by atoms with Crippen molar-refractivity contribution in [2.24, 2.45) is 17.3 Å². The van der Waals surface area contributed by atoms with Gasteiger partial charge in [0.25, 0.3) is 0 Å². The smallest absolute Gasteiger partial charge is 0.164 e. The first-order chi connectivity index (χ1) is 7.39. The number of fused-ring (bicyclic) bond motifs is 1. The Morgan fingerprint density at radius 1 is 1.38 bits per heavy atom. The molecule has 0 spiro atoms. The molecule has 2 aliphatic rings. The lowest BCUT2D eigenvalue weighted by Gasteiger charge is -2.53. The number of hydrogen-bond acceptors (Lipinski definition) is 2. The molecule has 0 aliphatic heterocycles. The van der Waals surface area contributed by atoms with Crippen LogP contribution < -0.4 is 0 Å². The zero-order valence-electron chi connectivity index (χ0n) is 10.8. The van der Waals surface area contributed by atoms with E-state index in [0.717, 1.165) is 19.3 Å². The second kappa shape index (κ2) is 3.83. The van der Waals surface area contributed by atoms with Gasteiger partial charge in [0.15, 0.2) is 5.78 Å². The van der Waals surface area contributed by atoms with Crippen molar-refractivity contribution in [3.8, 4) is 0 Å². The van der Waals surface area contributed by atoms with Crippen molar-refractivity contribution < 1.29 is 9.90 Å². The Bertz CT molecular complexity index is 297. The van der Waals surface area contributed by atoms with Crippen molar-refractivity contribution in [2.75, 3.05) is 0 Å². The summed E-state index contributed by atoms with van der Waals surface area (Å²) in [6.45, 7) is 6.51. The molecule has 1 N–H and O–H groups in total. The minimum atomic E-state index is -1.02. The van der Waals surface area contributed by atoms with Gasteiger partial charge in [0.1, 0.15) is 5.60 Å². The molecule has 3 atom stereocenters. The number of rotatable bonds is 1. The fraction of sp³-hybridized carbons (Fsp3) is 0.929. The van der Waals surface area contributed by atoms with Crippen LogP contribution in [0.3, 0.4) is 0 Å². The molecule has 0 aromatic rings. The summed E-state index contributed by atoms with van der Waals surface area (Å²) in [6, 6.07) is 0. The maximum atomic E-state index is 12.1. The minimum Gasteiger partial charge on any atom is -0.381 e. The van der Waals surface area contributed by atoms with Crippen molar-refractivity contribution in [2.45, 2.75) is 64.9 Å². The third-order valence-corrected chi connectivity index (χ3v) is 5.16. The van der Waals surface area contributed by atoms with E-state index in [2.05, 4.69) is 20.8 Å². The van der Waals surface area contributed by atoms with Gasteiger partial charge in [0.2, 0.25) is 0 Å². The Morgan fingerprint density at radius 2 is 2.06 bits per heavy atom. The number of aliphatic hydroxyl groups is 1. The highest BCUT2D eigenvalue weighted by atomic mass is 16.3. The number of Topliss-reactive ketones (excluding diaryl/α,β-unsaturated/α-hetero) is 1. The Balaban J connectivity index is 2.26. The summed E-state index contributed by atoms with van der Waals surface area (Å²) >= 11 is 0. The van der Waals surface area contributed by atoms with E-state index in [1.807, 2.05) is 0 Å². The number of hydrogen-bond donors (Lipinski definition) is 1. The quantitative estimate of drug-likeness (QED) is 0.743. The van der Waals surface area contributed by atoms with E-state index in [1.165, 1.54) is 6.42 Å². The van der Waals surface area contributed by atoms with Crippen LogP contribution in [-0.2, 0) is 4.79 Å². The van der Waals surface area contributed by atoms with Crippen molar-refractivity contribution in [1.82, 2.24) is 0 Å². The molecule has 0 aromatic heterocycles. The first-order valence-corrected chi connectivity index (χ1v) is 6.65. The van der Waals surface area contributed by atoms with Crippen LogP contribution in [0.2, 0.25) is 0 Å². The molecule has 0 amide bonds. The summed E-state index contributed by atoms with van der Waals surface area (Å²) in [4.78, 5) is 12.1. The van der Waals surface area contributed by atoms with E-state index < -0.39 is 5.60 Å². The summed E-state index contributed by atoms with van der Waals surface area (Å²) < 4.78 is 0. The molecule has 2 fully saturated rings. The summed E-state index contributed by atoms with van der Waals surface area (Å²) in [5.74, 6) is 1.19. The number of ketones is 1. The summed E-state index contributed by atoms with van der Waals surface area (Å²) in [5, 5.41) is 10.8. The van der Waals surface area contributed by atoms with Gasteiger partial charge >= 0.3 is 0 Å². The van der Waals surface area contributed by atoms with Crippen LogP contribution in [0.4, 0.5) is 0 Å². The van der Waals surface area contributed by atoms with Crippen LogP contribution >= 0.6 is 0 Å². The van der Waals surface area contributed by atoms with Gasteiger partial charge in [-0.2, -0.15) is 0 Å². The summed E-state index contributed by atoms with van der Waals surface area (Å²) in [7, 11) is 0. The minimum absolute atomic E-state index is 0.103. The molecule has 16 heavy (non-hydrogen) atoms. The number of carbonyl (C=O) groups excluding carboxylic acids is 1. The molecular formula is C14H24O2. The molecule has 2 heteroatoms. The molecule has 0 aromatic carbocycles. The molecule has 0 heterocycles. The normalized spacial score (nSPS) is 44.6. The highest BCUT2D eigenvalue weighted by molar-refractivity contribution is 5.89. The van der Waals surface area contributed by atoms with Gasteiger partial charge in [-0.3, -0.25) is 4.79 Å². The molecule has 92 valence electrons. The fourth-order valence-corrected chi connectivity index (χ4v) is 3.64. The SMILES string of the molecule is CC(C)[C@@H]1CC[C@]2(C)CCCC(=O)[C@]2(O)C1. The average molecular weight is 224 g/mol. The van der Waals surface area contributed by atoms with Crippen LogP contribution in [0.1, 0.15) is 59.3 Å². The predicted octanol–water partition coefficient (Wildman–Crippen LogP) is 2.93. The third kappa shape index (κ3) is 1.62. The molecule has 2 rings (SSSR count). The summed E-state index contributed by atoms with van der Waals surface area (Å²) in [5.41, 5.74) is -1.16. The lowest BCUT2D eigenvalue weighted by Crippen LogP contribution is -2.59. The molecule has 0 saturated heterocycles. The van der Waals surface area contributed by atoms with Crippen LogP contribution in [-0.4, -0.2) is 16.5 Å². The third-order valence-electron chi connectivity index (χ3n) is 5.16. The van der Waals surface area contributed by atoms with Gasteiger partial charge in [0, 0.05) is 11.8 Å². The van der Waals surface area contributed by atoms with E-state index >= 15 is 0 Å². The largest absolute Gasteiger partial charge is 0.381 e. The van der Waals surface area contributed by atoms with Crippen LogP contribution in [0.25, 0.3) is 0 Å². The Kier molecular flexibility index (Phi) is 2.90. The highest BCUT2D eigenvalue weighted by Gasteiger charge is 2.56. The van der Waals surface area contributed by atoms with Gasteiger partial charge in [0.05, 0.1) is 0 Å². The Hall–Kier alpha value is -0.370. The van der Waals surface area contributed by atoms with Crippen molar-refractivity contribution >= 4 is 5.78 Å². The monoisotopic (exact) mass is 224 g/mol. The van der Waals surface area contributed by atoms with Crippen molar-refractivity contribution in [3.05, 3.63) is 0 Å². The second-order valence-corrected chi connectivity index (χ2v) is 6.44. The van der Waals surface area contributed by atoms with Crippen LogP contribution in [0.15, 0.2) is 0 Å². The fourth-order valence-electron chi connectivity index (χ4n) is 3.64. The predicted molar refractivity (Wildman–Crippen MR) is 64.1 cm³/mol. The van der Waals surface area contributed by atoms with Gasteiger partial charge in [-0.1, -0.05) is 20.8 Å². The van der Waals surface area contributed by atoms with E-state index in [9.17, 15) is 9.90 Å². The lowest BCUT2D eigenvalue weighted by atomic mass is 9.54. The average Bonchev–Trinajstić information content (AvgIpc) is 2.20. The van der Waals surface area contributed by atoms with E-state index in [1.54, 1.807) is 0 Å². The van der Waals surface area contributed by atoms with Gasteiger partial charge in [-0.25, -0.2) is 0 Å². The maximum Gasteiger partial charge on any atom is 0.164 e. The van der Waals surface area contributed by atoms with Crippen LogP contribution in [0, 0.1) is 17.3 Å². The first-order valence-electron chi connectivity index (χ1n) is 6.65. The molecule has 2 nitrogen and oxygen atoms in total. The molecule has 0 radical (unpaired) electrons.